The molecule has 5 heteroatoms. The maximum atomic E-state index is 5.93. The number of hydrogen-bond donors (Lipinski definition) is 1. The minimum absolute atomic E-state index is 0.334. The highest BCUT2D eigenvalue weighted by Crippen LogP contribution is 2.28. The quantitative estimate of drug-likeness (QED) is 0.919. The van der Waals surface area contributed by atoms with E-state index in [1.54, 1.807) is 22.7 Å². The lowest BCUT2D eigenvalue weighted by atomic mass is 10.1. The normalized spacial score (nSPS) is 12.9. The first-order chi connectivity index (χ1) is 7.69. The number of nitrogens with zero attached hydrogens (tertiary/aromatic N) is 1. The van der Waals surface area contributed by atoms with E-state index in [0.29, 0.717) is 6.04 Å². The fourth-order valence-electron chi connectivity index (χ4n) is 1.55. The lowest BCUT2D eigenvalue weighted by Gasteiger charge is -2.12. The van der Waals surface area contributed by atoms with Gasteiger partial charge in [0.15, 0.2) is 0 Å². The van der Waals surface area contributed by atoms with Crippen LogP contribution in [0.15, 0.2) is 18.3 Å². The fraction of sp³-hybridized carbons (Fsp3) is 0.364. The molecule has 0 amide bonds. The molecule has 16 heavy (non-hydrogen) atoms. The molecule has 0 aliphatic heterocycles. The smallest absolute Gasteiger partial charge is 0.0931 e. The number of nitrogens with one attached hydrogen (secondary N) is 1. The van der Waals surface area contributed by atoms with Crippen molar-refractivity contribution in [3.63, 3.8) is 0 Å². The van der Waals surface area contributed by atoms with Gasteiger partial charge in [-0.15, -0.1) is 22.7 Å². The Morgan fingerprint density at radius 2 is 2.25 bits per heavy atom. The van der Waals surface area contributed by atoms with Gasteiger partial charge >= 0.3 is 0 Å². The molecule has 2 aromatic heterocycles. The molecule has 0 saturated carbocycles. The molecule has 1 atom stereocenters. The Balaban J connectivity index is 2.12. The number of hydrogen-bond acceptors (Lipinski definition) is 4. The van der Waals surface area contributed by atoms with E-state index in [0.717, 1.165) is 15.8 Å². The van der Waals surface area contributed by atoms with Crippen molar-refractivity contribution in [1.29, 1.82) is 0 Å². The Kier molecular flexibility index (Phi) is 3.97. The van der Waals surface area contributed by atoms with Gasteiger partial charge in [0.2, 0.25) is 0 Å². The Morgan fingerprint density at radius 1 is 1.44 bits per heavy atom. The van der Waals surface area contributed by atoms with E-state index < -0.39 is 0 Å². The summed E-state index contributed by atoms with van der Waals surface area (Å²) in [7, 11) is 1.98. The zero-order chi connectivity index (χ0) is 11.5. The second-order valence-corrected chi connectivity index (χ2v) is 6.60. The molecule has 1 unspecified atom stereocenters. The first-order valence-corrected chi connectivity index (χ1v) is 7.04. The Bertz CT molecular complexity index is 464. The van der Waals surface area contributed by atoms with Crippen molar-refractivity contribution < 1.29 is 0 Å². The number of likely N-dealkylation sites (N-methyl/N-ethyl adjacent to an activating group) is 1. The molecule has 0 radical (unpaired) electrons. The van der Waals surface area contributed by atoms with Crippen LogP contribution in [0, 0.1) is 6.92 Å². The summed E-state index contributed by atoms with van der Waals surface area (Å²) in [5.74, 6) is 0. The van der Waals surface area contributed by atoms with Gasteiger partial charge in [-0.25, -0.2) is 4.98 Å². The third-order valence-electron chi connectivity index (χ3n) is 2.37. The van der Waals surface area contributed by atoms with Gasteiger partial charge in [0.05, 0.1) is 9.34 Å². The molecular formula is C11H13ClN2S2. The van der Waals surface area contributed by atoms with Gasteiger partial charge in [-0.3, -0.25) is 0 Å². The molecule has 2 nitrogen and oxygen atoms in total. The van der Waals surface area contributed by atoms with Gasteiger partial charge in [-0.2, -0.15) is 0 Å². The summed E-state index contributed by atoms with van der Waals surface area (Å²) in [6.45, 7) is 2.03. The van der Waals surface area contributed by atoms with Crippen molar-refractivity contribution in [2.75, 3.05) is 7.05 Å². The molecular weight excluding hydrogens is 260 g/mol. The summed E-state index contributed by atoms with van der Waals surface area (Å²) in [6, 6.07) is 4.37. The summed E-state index contributed by atoms with van der Waals surface area (Å²) in [5.41, 5.74) is 0. The van der Waals surface area contributed by atoms with Crippen LogP contribution in [0.25, 0.3) is 0 Å². The van der Waals surface area contributed by atoms with Crippen LogP contribution in [-0.4, -0.2) is 12.0 Å². The van der Waals surface area contributed by atoms with E-state index in [9.17, 15) is 0 Å². The highest BCUT2D eigenvalue weighted by molar-refractivity contribution is 7.16. The number of thiophene rings is 1. The predicted molar refractivity (Wildman–Crippen MR) is 71.7 cm³/mol. The number of aromatic nitrogens is 1. The molecule has 0 fully saturated rings. The monoisotopic (exact) mass is 272 g/mol. The molecule has 2 rings (SSSR count). The lowest BCUT2D eigenvalue weighted by Crippen LogP contribution is -2.17. The second kappa shape index (κ2) is 5.27. The largest absolute Gasteiger partial charge is 0.312 e. The van der Waals surface area contributed by atoms with Crippen LogP contribution in [0.1, 0.15) is 20.8 Å². The van der Waals surface area contributed by atoms with Crippen molar-refractivity contribution in [1.82, 2.24) is 10.3 Å². The van der Waals surface area contributed by atoms with Crippen molar-refractivity contribution in [3.05, 3.63) is 37.4 Å². The Morgan fingerprint density at radius 3 is 2.75 bits per heavy atom. The zero-order valence-corrected chi connectivity index (χ0v) is 11.5. The summed E-state index contributed by atoms with van der Waals surface area (Å²) in [5, 5.41) is 4.43. The van der Waals surface area contributed by atoms with E-state index >= 15 is 0 Å². The summed E-state index contributed by atoms with van der Waals surface area (Å²) in [4.78, 5) is 6.87. The highest BCUT2D eigenvalue weighted by atomic mass is 35.5. The van der Waals surface area contributed by atoms with Gasteiger partial charge in [-0.05, 0) is 26.1 Å². The topological polar surface area (TPSA) is 24.9 Å². The molecule has 2 aromatic rings. The van der Waals surface area contributed by atoms with Crippen LogP contribution >= 0.6 is 34.3 Å². The maximum Gasteiger partial charge on any atom is 0.0931 e. The number of thiazole rings is 1. The Labute approximate surface area is 108 Å². The van der Waals surface area contributed by atoms with Gasteiger partial charge in [-0.1, -0.05) is 11.6 Å². The molecule has 0 spiro atoms. The minimum Gasteiger partial charge on any atom is -0.312 e. The first kappa shape index (κ1) is 12.0. The highest BCUT2D eigenvalue weighted by Gasteiger charge is 2.13. The van der Waals surface area contributed by atoms with Crippen molar-refractivity contribution >= 4 is 34.3 Å². The lowest BCUT2D eigenvalue weighted by molar-refractivity contribution is 0.606. The molecule has 0 saturated heterocycles. The average molecular weight is 273 g/mol. The van der Waals surface area contributed by atoms with E-state index in [1.165, 1.54) is 9.75 Å². The number of aryl methyl sites for hydroxylation is 1. The summed E-state index contributed by atoms with van der Waals surface area (Å²) < 4.78 is 0.852. The van der Waals surface area contributed by atoms with Crippen molar-refractivity contribution in [3.8, 4) is 0 Å². The van der Waals surface area contributed by atoms with Crippen LogP contribution in [0.5, 0.6) is 0 Å². The van der Waals surface area contributed by atoms with Crippen LogP contribution in [0.3, 0.4) is 0 Å². The molecule has 0 bridgehead atoms. The number of rotatable bonds is 4. The molecule has 0 aliphatic carbocycles. The van der Waals surface area contributed by atoms with Crippen LogP contribution in [-0.2, 0) is 6.42 Å². The molecule has 86 valence electrons. The van der Waals surface area contributed by atoms with Gasteiger partial charge in [0.1, 0.15) is 0 Å². The van der Waals surface area contributed by atoms with Crippen molar-refractivity contribution in [2.24, 2.45) is 0 Å². The van der Waals surface area contributed by atoms with Crippen LogP contribution in [0.2, 0.25) is 4.34 Å². The second-order valence-electron chi connectivity index (χ2n) is 3.53. The first-order valence-electron chi connectivity index (χ1n) is 5.03. The molecule has 2 heterocycles. The van der Waals surface area contributed by atoms with E-state index in [1.807, 2.05) is 26.2 Å². The van der Waals surface area contributed by atoms with Crippen LogP contribution < -0.4 is 5.32 Å². The van der Waals surface area contributed by atoms with E-state index in [2.05, 4.69) is 16.4 Å². The van der Waals surface area contributed by atoms with Gasteiger partial charge < -0.3 is 5.32 Å². The molecule has 0 aromatic carbocycles. The standard InChI is InChI=1S/C11H13ClN2S2/c1-7-14-6-10(15-7)9(13-2)5-8-3-4-11(12)16-8/h3-4,6,9,13H,5H2,1-2H3. The van der Waals surface area contributed by atoms with E-state index in [-0.39, 0.29) is 0 Å². The van der Waals surface area contributed by atoms with Gasteiger partial charge in [0.25, 0.3) is 0 Å². The SMILES string of the molecule is CNC(Cc1ccc(Cl)s1)c1cnc(C)s1. The summed E-state index contributed by atoms with van der Waals surface area (Å²) >= 11 is 9.31. The average Bonchev–Trinajstić information content (AvgIpc) is 2.84. The zero-order valence-electron chi connectivity index (χ0n) is 9.16. The predicted octanol–water partition coefficient (Wildman–Crippen LogP) is 3.67. The Hall–Kier alpha value is -0.420. The molecule has 1 N–H and O–H groups in total. The third kappa shape index (κ3) is 2.83. The van der Waals surface area contributed by atoms with Crippen LogP contribution in [0.4, 0.5) is 0 Å². The third-order valence-corrected chi connectivity index (χ3v) is 4.65. The van der Waals surface area contributed by atoms with E-state index in [4.69, 9.17) is 11.6 Å². The van der Waals surface area contributed by atoms with Gasteiger partial charge in [0, 0.05) is 28.4 Å². The fourth-order valence-corrected chi connectivity index (χ4v) is 3.57. The maximum absolute atomic E-state index is 5.93. The minimum atomic E-state index is 0.334. The van der Waals surface area contributed by atoms with Crippen molar-refractivity contribution in [2.45, 2.75) is 19.4 Å². The summed E-state index contributed by atoms with van der Waals surface area (Å²) in [6.07, 6.45) is 2.92. The molecule has 0 aliphatic rings. The number of halogens is 1.